The van der Waals surface area contributed by atoms with Crippen LogP contribution in [0.1, 0.15) is 28.1 Å². The number of hydrogen-bond donors (Lipinski definition) is 0. The van der Waals surface area contributed by atoms with Gasteiger partial charge < -0.3 is 0 Å². The summed E-state index contributed by atoms with van der Waals surface area (Å²) in [5.41, 5.74) is 5.78. The molecule has 0 saturated carbocycles. The molecule has 114 valence electrons. The van der Waals surface area contributed by atoms with E-state index in [1.165, 1.54) is 5.56 Å². The second-order valence-corrected chi connectivity index (χ2v) is 5.68. The lowest BCUT2D eigenvalue weighted by atomic mass is 10.1. The lowest BCUT2D eigenvalue weighted by molar-refractivity contribution is 0.747. The highest BCUT2D eigenvalue weighted by molar-refractivity contribution is 5.45. The summed E-state index contributed by atoms with van der Waals surface area (Å²) >= 11 is 0. The minimum atomic E-state index is 0.404. The summed E-state index contributed by atoms with van der Waals surface area (Å²) in [6, 6.07) is 18.6. The molecule has 4 nitrogen and oxygen atoms in total. The Labute approximate surface area is 136 Å². The van der Waals surface area contributed by atoms with Crippen molar-refractivity contribution in [2.24, 2.45) is 0 Å². The normalized spacial score (nSPS) is 10.5. The maximum atomic E-state index is 9.33. The Balaban J connectivity index is 1.98. The average Bonchev–Trinajstić information content (AvgIpc) is 2.99. The molecule has 0 fully saturated rings. The van der Waals surface area contributed by atoms with Crippen LogP contribution < -0.4 is 0 Å². The number of aryl methyl sites for hydroxylation is 3. The molecule has 0 aliphatic heterocycles. The smallest absolute Gasteiger partial charge is 0.186 e. The van der Waals surface area contributed by atoms with Gasteiger partial charge in [0.25, 0.3) is 0 Å². The number of rotatable bonds is 4. The van der Waals surface area contributed by atoms with Crippen LogP contribution in [0.2, 0.25) is 0 Å². The second-order valence-electron chi connectivity index (χ2n) is 5.68. The van der Waals surface area contributed by atoms with Gasteiger partial charge in [-0.1, -0.05) is 47.7 Å². The van der Waals surface area contributed by atoms with Crippen LogP contribution in [0.15, 0.2) is 48.5 Å². The van der Waals surface area contributed by atoms with E-state index in [1.807, 2.05) is 29.8 Å². The average molecular weight is 302 g/mol. The summed E-state index contributed by atoms with van der Waals surface area (Å²) in [7, 11) is 0. The number of nitrogens with zero attached hydrogens (tertiary/aromatic N) is 4. The fourth-order valence-corrected chi connectivity index (χ4v) is 2.66. The Morgan fingerprint density at radius 3 is 2.57 bits per heavy atom. The molecule has 0 N–H and O–H groups in total. The molecule has 0 atom stereocenters. The fourth-order valence-electron chi connectivity index (χ4n) is 2.66. The Morgan fingerprint density at radius 2 is 1.83 bits per heavy atom. The number of nitriles is 1. The Kier molecular flexibility index (Phi) is 4.20. The van der Waals surface area contributed by atoms with Crippen molar-refractivity contribution < 1.29 is 0 Å². The van der Waals surface area contributed by atoms with Crippen LogP contribution in [0.5, 0.6) is 0 Å². The van der Waals surface area contributed by atoms with Gasteiger partial charge in [-0.05, 0) is 49.4 Å². The largest absolute Gasteiger partial charge is 0.216 e. The molecule has 3 aromatic rings. The zero-order valence-electron chi connectivity index (χ0n) is 13.3. The van der Waals surface area contributed by atoms with Gasteiger partial charge in [-0.3, -0.25) is 0 Å². The monoisotopic (exact) mass is 302 g/mol. The van der Waals surface area contributed by atoms with E-state index in [1.54, 1.807) is 0 Å². The summed E-state index contributed by atoms with van der Waals surface area (Å²) in [5, 5.41) is 17.6. The lowest BCUT2D eigenvalue weighted by Gasteiger charge is -2.10. The summed E-state index contributed by atoms with van der Waals surface area (Å²) < 4.78 is 1.81. The molecule has 1 aromatic heterocycles. The minimum absolute atomic E-state index is 0.404. The van der Waals surface area contributed by atoms with Crippen molar-refractivity contribution in [1.29, 1.82) is 5.26 Å². The van der Waals surface area contributed by atoms with Gasteiger partial charge in [-0.15, -0.1) is 5.10 Å². The number of aromatic nitrogens is 3. The van der Waals surface area contributed by atoms with E-state index in [-0.39, 0.29) is 0 Å². The zero-order valence-corrected chi connectivity index (χ0v) is 13.3. The minimum Gasteiger partial charge on any atom is -0.216 e. The second kappa shape index (κ2) is 6.45. The highest BCUT2D eigenvalue weighted by Gasteiger charge is 2.15. The molecule has 23 heavy (non-hydrogen) atoms. The van der Waals surface area contributed by atoms with Crippen molar-refractivity contribution in [2.45, 2.75) is 26.7 Å². The molecule has 0 aliphatic rings. The van der Waals surface area contributed by atoms with Crippen LogP contribution in [0.25, 0.3) is 5.69 Å². The first-order valence-corrected chi connectivity index (χ1v) is 7.65. The van der Waals surface area contributed by atoms with Gasteiger partial charge in [-0.25, -0.2) is 4.68 Å². The molecule has 3 rings (SSSR count). The van der Waals surface area contributed by atoms with Crippen molar-refractivity contribution in [3.05, 3.63) is 76.6 Å². The lowest BCUT2D eigenvalue weighted by Crippen LogP contribution is -2.07. The van der Waals surface area contributed by atoms with Gasteiger partial charge in [0, 0.05) is 0 Å². The van der Waals surface area contributed by atoms with Gasteiger partial charge in [-0.2, -0.15) is 5.26 Å². The van der Waals surface area contributed by atoms with Crippen molar-refractivity contribution in [3.8, 4) is 11.8 Å². The zero-order chi connectivity index (χ0) is 16.2. The molecule has 0 aliphatic carbocycles. The Hall–Kier alpha value is -2.93. The number of benzene rings is 2. The van der Waals surface area contributed by atoms with Crippen molar-refractivity contribution in [1.82, 2.24) is 15.0 Å². The number of hydrogen-bond acceptors (Lipinski definition) is 3. The maximum absolute atomic E-state index is 9.33. The van der Waals surface area contributed by atoms with Crippen molar-refractivity contribution in [3.63, 3.8) is 0 Å². The van der Waals surface area contributed by atoms with E-state index in [0.717, 1.165) is 35.3 Å². The quantitative estimate of drug-likeness (QED) is 0.740. The molecule has 2 aromatic carbocycles. The molecule has 0 saturated heterocycles. The molecular weight excluding hydrogens is 284 g/mol. The maximum Gasteiger partial charge on any atom is 0.186 e. The summed E-state index contributed by atoms with van der Waals surface area (Å²) in [5.74, 6) is 0. The van der Waals surface area contributed by atoms with Crippen LogP contribution in [0.4, 0.5) is 0 Å². The van der Waals surface area contributed by atoms with Crippen molar-refractivity contribution >= 4 is 0 Å². The topological polar surface area (TPSA) is 54.5 Å². The van der Waals surface area contributed by atoms with Gasteiger partial charge in [0.1, 0.15) is 6.07 Å². The molecule has 0 amide bonds. The molecule has 0 unspecified atom stereocenters. The highest BCUT2D eigenvalue weighted by Crippen LogP contribution is 2.19. The molecular formula is C19H18N4. The van der Waals surface area contributed by atoms with Crippen LogP contribution in [-0.2, 0) is 12.8 Å². The van der Waals surface area contributed by atoms with Gasteiger partial charge in [0.05, 0.1) is 11.4 Å². The molecule has 0 bridgehead atoms. The highest BCUT2D eigenvalue weighted by atomic mass is 15.4. The van der Waals surface area contributed by atoms with Crippen LogP contribution in [-0.4, -0.2) is 15.0 Å². The van der Waals surface area contributed by atoms with Gasteiger partial charge in [0.2, 0.25) is 0 Å². The van der Waals surface area contributed by atoms with E-state index < -0.39 is 0 Å². The predicted molar refractivity (Wildman–Crippen MR) is 89.4 cm³/mol. The third kappa shape index (κ3) is 3.14. The first-order valence-electron chi connectivity index (χ1n) is 7.65. The Bertz CT molecular complexity index is 857. The first-order chi connectivity index (χ1) is 11.2. The van der Waals surface area contributed by atoms with Gasteiger partial charge >= 0.3 is 0 Å². The van der Waals surface area contributed by atoms with E-state index in [0.29, 0.717) is 5.69 Å². The molecule has 1 heterocycles. The standard InChI is InChI=1S/C19H18N4/c1-14-8-9-15(2)19(12-14)23-18(17(13-20)21-22-23)11-10-16-6-4-3-5-7-16/h3-9,12H,10-11H2,1-2H3. The van der Waals surface area contributed by atoms with Crippen LogP contribution in [0, 0.1) is 25.2 Å². The molecule has 0 spiro atoms. The SMILES string of the molecule is Cc1ccc(C)c(-n2nnc(C#N)c2CCc2ccccc2)c1. The van der Waals surface area contributed by atoms with Crippen LogP contribution in [0.3, 0.4) is 0 Å². The van der Waals surface area contributed by atoms with Crippen LogP contribution >= 0.6 is 0 Å². The third-order valence-corrected chi connectivity index (χ3v) is 3.96. The summed E-state index contributed by atoms with van der Waals surface area (Å²) in [6.07, 6.45) is 1.58. The van der Waals surface area contributed by atoms with E-state index in [2.05, 4.69) is 53.6 Å². The van der Waals surface area contributed by atoms with E-state index in [4.69, 9.17) is 0 Å². The van der Waals surface area contributed by atoms with E-state index >= 15 is 0 Å². The van der Waals surface area contributed by atoms with Crippen molar-refractivity contribution in [2.75, 3.05) is 0 Å². The fraction of sp³-hybridized carbons (Fsp3) is 0.211. The summed E-state index contributed by atoms with van der Waals surface area (Å²) in [4.78, 5) is 0. The summed E-state index contributed by atoms with van der Waals surface area (Å²) in [6.45, 7) is 4.10. The third-order valence-electron chi connectivity index (χ3n) is 3.96. The van der Waals surface area contributed by atoms with E-state index in [9.17, 15) is 5.26 Å². The predicted octanol–water partition coefficient (Wildman–Crippen LogP) is 3.54. The molecule has 4 heteroatoms. The Morgan fingerprint density at radius 1 is 1.04 bits per heavy atom. The van der Waals surface area contributed by atoms with Gasteiger partial charge in [0.15, 0.2) is 5.69 Å². The molecule has 0 radical (unpaired) electrons. The first kappa shape index (κ1) is 15.0.